The molecule has 11 heteroatoms. The molecule has 5 nitrogen and oxygen atoms in total. The molecule has 0 radical (unpaired) electrons. The molecule has 0 spiro atoms. The van der Waals surface area contributed by atoms with Gasteiger partial charge in [-0.3, -0.25) is 9.69 Å². The van der Waals surface area contributed by atoms with E-state index < -0.39 is 12.8 Å². The van der Waals surface area contributed by atoms with E-state index >= 15 is 0 Å². The van der Waals surface area contributed by atoms with Crippen molar-refractivity contribution in [1.29, 1.82) is 0 Å². The molecule has 0 fully saturated rings. The van der Waals surface area contributed by atoms with Crippen molar-refractivity contribution < 1.29 is 27.4 Å². The van der Waals surface area contributed by atoms with Gasteiger partial charge in [0.1, 0.15) is 18.1 Å². The zero-order valence-corrected chi connectivity index (χ0v) is 18.0. The summed E-state index contributed by atoms with van der Waals surface area (Å²) in [7, 11) is 1.48. The number of anilines is 1. The van der Waals surface area contributed by atoms with Crippen LogP contribution in [0.1, 0.15) is 4.88 Å². The lowest BCUT2D eigenvalue weighted by Crippen LogP contribution is -2.30. The highest BCUT2D eigenvalue weighted by Gasteiger charge is 2.32. The number of carbonyl (C=O) groups excluding carboxylic acids is 1. The highest BCUT2D eigenvalue weighted by Crippen LogP contribution is 2.34. The van der Waals surface area contributed by atoms with Crippen molar-refractivity contribution >= 4 is 57.5 Å². The third-order valence-electron chi connectivity index (χ3n) is 3.77. The number of nitrogens with zero attached hydrogens (tertiary/aromatic N) is 2. The van der Waals surface area contributed by atoms with E-state index in [0.717, 1.165) is 16.6 Å². The number of amidine groups is 1. The van der Waals surface area contributed by atoms with Crippen LogP contribution in [0.3, 0.4) is 0 Å². The molecule has 0 saturated heterocycles. The largest absolute Gasteiger partial charge is 0.495 e. The van der Waals surface area contributed by atoms with Crippen LogP contribution >= 0.6 is 34.7 Å². The number of alkyl halides is 3. The molecule has 1 aliphatic rings. The topological polar surface area (TPSA) is 51.1 Å². The molecule has 30 heavy (non-hydrogen) atoms. The molecule has 0 bridgehead atoms. The summed E-state index contributed by atoms with van der Waals surface area (Å²) in [5, 5.41) is 2.53. The summed E-state index contributed by atoms with van der Waals surface area (Å²) in [5.41, 5.74) is 0.700. The molecular formula is C19H16ClF3N2O3S2. The van der Waals surface area contributed by atoms with Gasteiger partial charge in [0.2, 0.25) is 0 Å². The smallest absolute Gasteiger partial charge is 0.411 e. The summed E-state index contributed by atoms with van der Waals surface area (Å²) in [6.07, 6.45) is -2.72. The van der Waals surface area contributed by atoms with Crippen LogP contribution in [-0.2, 0) is 9.53 Å². The van der Waals surface area contributed by atoms with Crippen LogP contribution in [-0.4, -0.2) is 43.3 Å². The third kappa shape index (κ3) is 5.78. The fourth-order valence-corrected chi connectivity index (χ4v) is 4.27. The maximum atomic E-state index is 13.0. The zero-order valence-electron chi connectivity index (χ0n) is 15.6. The molecule has 2 heterocycles. The van der Waals surface area contributed by atoms with Crippen LogP contribution in [0.5, 0.6) is 5.75 Å². The molecule has 2 aromatic rings. The third-order valence-corrected chi connectivity index (χ3v) is 5.79. The standard InChI is InChI=1S/C19H16ClF3N2O3S2/c1-27-16-5-4-12(9-14(16)20)25-17(26)15(10-13-3-2-7-29-13)24-18(25)30-8-6-28-11-19(21,22)23/h2-5,7,9-10H,6,8,11H2,1H3. The van der Waals surface area contributed by atoms with Gasteiger partial charge < -0.3 is 9.47 Å². The fraction of sp³-hybridized carbons (Fsp3) is 0.263. The molecule has 3 rings (SSSR count). The van der Waals surface area contributed by atoms with Crippen molar-refractivity contribution in [2.75, 3.05) is 31.0 Å². The molecule has 1 aromatic carbocycles. The Labute approximate surface area is 184 Å². The van der Waals surface area contributed by atoms with Crippen LogP contribution in [0, 0.1) is 0 Å². The minimum atomic E-state index is -4.38. The lowest BCUT2D eigenvalue weighted by Gasteiger charge is -2.18. The fourth-order valence-electron chi connectivity index (χ4n) is 2.50. The number of thiophene rings is 1. The average molecular weight is 477 g/mol. The lowest BCUT2D eigenvalue weighted by molar-refractivity contribution is -0.172. The minimum Gasteiger partial charge on any atom is -0.495 e. The summed E-state index contributed by atoms with van der Waals surface area (Å²) in [5.74, 6) is 0.283. The summed E-state index contributed by atoms with van der Waals surface area (Å²) < 4.78 is 46.4. The Balaban J connectivity index is 1.80. The van der Waals surface area contributed by atoms with Gasteiger partial charge in [-0.1, -0.05) is 29.4 Å². The van der Waals surface area contributed by atoms with Gasteiger partial charge in [-0.25, -0.2) is 4.99 Å². The maximum absolute atomic E-state index is 13.0. The molecule has 1 aliphatic heterocycles. The number of rotatable bonds is 7. The summed E-state index contributed by atoms with van der Waals surface area (Å²) >= 11 is 8.78. The number of amides is 1. The number of carbonyl (C=O) groups is 1. The number of methoxy groups -OCH3 is 1. The van der Waals surface area contributed by atoms with Crippen LogP contribution in [0.2, 0.25) is 5.02 Å². The predicted octanol–water partition coefficient (Wildman–Crippen LogP) is 5.47. The second kappa shape index (κ2) is 9.86. The van der Waals surface area contributed by atoms with Crippen LogP contribution in [0.25, 0.3) is 6.08 Å². The average Bonchev–Trinajstić information content (AvgIpc) is 3.29. The van der Waals surface area contributed by atoms with Crippen LogP contribution < -0.4 is 9.64 Å². The van der Waals surface area contributed by atoms with Gasteiger partial charge in [0, 0.05) is 10.6 Å². The summed E-state index contributed by atoms with van der Waals surface area (Å²) in [6, 6.07) is 8.57. The molecule has 1 amide bonds. The van der Waals surface area contributed by atoms with E-state index in [-0.39, 0.29) is 24.0 Å². The number of halogens is 4. The Morgan fingerprint density at radius 2 is 2.13 bits per heavy atom. The first-order chi connectivity index (χ1) is 14.3. The normalized spacial score (nSPS) is 15.8. The van der Waals surface area contributed by atoms with Crippen molar-refractivity contribution in [1.82, 2.24) is 0 Å². The lowest BCUT2D eigenvalue weighted by atomic mass is 10.2. The number of thioether (sulfide) groups is 1. The second-order valence-corrected chi connectivity index (χ2v) is 8.36. The Kier molecular flexibility index (Phi) is 7.45. The Morgan fingerprint density at radius 3 is 2.77 bits per heavy atom. The van der Waals surface area contributed by atoms with Crippen molar-refractivity contribution in [3.63, 3.8) is 0 Å². The van der Waals surface area contributed by atoms with Gasteiger partial charge in [0.15, 0.2) is 5.17 Å². The van der Waals surface area contributed by atoms with E-state index in [9.17, 15) is 18.0 Å². The number of hydrogen-bond donors (Lipinski definition) is 0. The number of ether oxygens (including phenoxy) is 2. The quantitative estimate of drug-likeness (QED) is 0.393. The molecule has 0 N–H and O–H groups in total. The molecule has 0 unspecified atom stereocenters. The molecule has 1 aromatic heterocycles. The van der Waals surface area contributed by atoms with Crippen molar-refractivity contribution in [3.8, 4) is 5.75 Å². The molecule has 0 aliphatic carbocycles. The monoisotopic (exact) mass is 476 g/mol. The minimum absolute atomic E-state index is 0.140. The van der Waals surface area contributed by atoms with E-state index in [1.807, 2.05) is 17.5 Å². The van der Waals surface area contributed by atoms with E-state index in [4.69, 9.17) is 16.3 Å². The van der Waals surface area contributed by atoms with Crippen LogP contribution in [0.4, 0.5) is 18.9 Å². The predicted molar refractivity (Wildman–Crippen MR) is 115 cm³/mol. The van der Waals surface area contributed by atoms with E-state index in [0.29, 0.717) is 21.6 Å². The van der Waals surface area contributed by atoms with E-state index in [1.54, 1.807) is 24.3 Å². The SMILES string of the molecule is COc1ccc(N2C(=O)C(=Cc3cccs3)N=C2SCCOCC(F)(F)F)cc1Cl. The van der Waals surface area contributed by atoms with Gasteiger partial charge in [-0.2, -0.15) is 13.2 Å². The molecule has 0 saturated carbocycles. The van der Waals surface area contributed by atoms with Crippen molar-refractivity contribution in [2.45, 2.75) is 6.18 Å². The van der Waals surface area contributed by atoms with E-state index in [2.05, 4.69) is 9.73 Å². The van der Waals surface area contributed by atoms with Gasteiger partial charge in [0.25, 0.3) is 5.91 Å². The number of benzene rings is 1. The highest BCUT2D eigenvalue weighted by atomic mass is 35.5. The molecule has 160 valence electrons. The van der Waals surface area contributed by atoms with Crippen LogP contribution in [0.15, 0.2) is 46.4 Å². The Morgan fingerprint density at radius 1 is 1.33 bits per heavy atom. The highest BCUT2D eigenvalue weighted by molar-refractivity contribution is 8.14. The van der Waals surface area contributed by atoms with Gasteiger partial charge in [-0.05, 0) is 35.7 Å². The Bertz CT molecular complexity index is 962. The maximum Gasteiger partial charge on any atom is 0.411 e. The second-order valence-electron chi connectivity index (χ2n) is 5.92. The first-order valence-corrected chi connectivity index (χ1v) is 10.8. The van der Waals surface area contributed by atoms with Gasteiger partial charge in [-0.15, -0.1) is 11.3 Å². The summed E-state index contributed by atoms with van der Waals surface area (Å²) in [6.45, 7) is -1.46. The van der Waals surface area contributed by atoms with Crippen molar-refractivity contribution in [3.05, 3.63) is 51.3 Å². The summed E-state index contributed by atoms with van der Waals surface area (Å²) in [4.78, 5) is 19.6. The number of aliphatic imine (C=N–C) groups is 1. The number of hydrogen-bond acceptors (Lipinski definition) is 6. The molecular weight excluding hydrogens is 461 g/mol. The van der Waals surface area contributed by atoms with E-state index in [1.165, 1.54) is 23.3 Å². The molecule has 0 atom stereocenters. The Hall–Kier alpha value is -2.01. The van der Waals surface area contributed by atoms with Gasteiger partial charge >= 0.3 is 6.18 Å². The first-order valence-electron chi connectivity index (χ1n) is 8.57. The zero-order chi connectivity index (χ0) is 21.7. The first kappa shape index (κ1) is 22.7. The van der Waals surface area contributed by atoms with Gasteiger partial charge in [0.05, 0.1) is 24.4 Å². The van der Waals surface area contributed by atoms with Crippen molar-refractivity contribution in [2.24, 2.45) is 4.99 Å².